The Labute approximate surface area is 201 Å². The number of nitrogens with zero attached hydrogens (tertiary/aromatic N) is 3. The molecule has 2 saturated heterocycles. The molecule has 2 fully saturated rings. The largest absolute Gasteiger partial charge is 0.417 e. The van der Waals surface area contributed by atoms with E-state index < -0.39 is 11.7 Å². The number of ether oxygens (including phenoxy) is 1. The van der Waals surface area contributed by atoms with Gasteiger partial charge in [0.2, 0.25) is 11.8 Å². The molecule has 4 rings (SSSR count). The molecule has 0 spiro atoms. The zero-order valence-corrected chi connectivity index (χ0v) is 19.2. The van der Waals surface area contributed by atoms with Crippen LogP contribution in [0.15, 0.2) is 42.6 Å². The lowest BCUT2D eigenvalue weighted by Crippen LogP contribution is -2.41. The number of nitrogens with one attached hydrogen (secondary N) is 2. The van der Waals surface area contributed by atoms with E-state index in [1.807, 2.05) is 9.80 Å². The molecule has 0 unspecified atom stereocenters. The molecule has 2 N–H and O–H groups in total. The number of halogens is 3. The van der Waals surface area contributed by atoms with Gasteiger partial charge < -0.3 is 20.3 Å². The van der Waals surface area contributed by atoms with Gasteiger partial charge in [0.05, 0.1) is 25.3 Å². The molecule has 11 heteroatoms. The molecule has 35 heavy (non-hydrogen) atoms. The van der Waals surface area contributed by atoms with E-state index in [9.17, 15) is 22.8 Å². The van der Waals surface area contributed by atoms with E-state index >= 15 is 0 Å². The number of aromatic nitrogens is 1. The Morgan fingerprint density at radius 1 is 0.943 bits per heavy atom. The molecule has 188 valence electrons. The minimum absolute atomic E-state index is 0.0991. The van der Waals surface area contributed by atoms with Gasteiger partial charge in [-0.05, 0) is 49.2 Å². The molecule has 0 bridgehead atoms. The summed E-state index contributed by atoms with van der Waals surface area (Å²) in [6.45, 7) is 4.10. The van der Waals surface area contributed by atoms with Crippen molar-refractivity contribution in [2.24, 2.45) is 5.92 Å². The Balaban J connectivity index is 1.22. The third-order valence-electron chi connectivity index (χ3n) is 6.17. The fraction of sp³-hybridized carbons (Fsp3) is 0.458. The van der Waals surface area contributed by atoms with Gasteiger partial charge in [-0.15, -0.1) is 0 Å². The zero-order chi connectivity index (χ0) is 24.8. The van der Waals surface area contributed by atoms with E-state index in [2.05, 4.69) is 15.6 Å². The normalized spacial score (nSPS) is 17.7. The van der Waals surface area contributed by atoms with Crippen molar-refractivity contribution in [2.45, 2.75) is 19.0 Å². The molecule has 2 amide bonds. The van der Waals surface area contributed by atoms with Gasteiger partial charge in [0.25, 0.3) is 0 Å². The van der Waals surface area contributed by atoms with Gasteiger partial charge in [-0.25, -0.2) is 4.98 Å². The average Bonchev–Trinajstić information content (AvgIpc) is 2.85. The molecular weight excluding hydrogens is 463 g/mol. The highest BCUT2D eigenvalue weighted by Crippen LogP contribution is 2.30. The highest BCUT2D eigenvalue weighted by Gasteiger charge is 2.31. The van der Waals surface area contributed by atoms with Crippen molar-refractivity contribution in [3.63, 3.8) is 0 Å². The molecule has 0 saturated carbocycles. The van der Waals surface area contributed by atoms with Crippen molar-refractivity contribution in [2.75, 3.05) is 61.5 Å². The van der Waals surface area contributed by atoms with Crippen molar-refractivity contribution in [1.82, 2.24) is 9.88 Å². The smallest absolute Gasteiger partial charge is 0.379 e. The van der Waals surface area contributed by atoms with Gasteiger partial charge in [-0.2, -0.15) is 13.2 Å². The first-order valence-corrected chi connectivity index (χ1v) is 11.6. The number of piperidine rings is 1. The van der Waals surface area contributed by atoms with Gasteiger partial charge in [0.15, 0.2) is 0 Å². The van der Waals surface area contributed by atoms with Crippen molar-refractivity contribution in [1.29, 1.82) is 0 Å². The van der Waals surface area contributed by atoms with Crippen molar-refractivity contribution in [3.05, 3.63) is 48.2 Å². The van der Waals surface area contributed by atoms with Crippen molar-refractivity contribution < 1.29 is 27.5 Å². The van der Waals surface area contributed by atoms with Gasteiger partial charge >= 0.3 is 6.18 Å². The second-order valence-electron chi connectivity index (χ2n) is 8.67. The summed E-state index contributed by atoms with van der Waals surface area (Å²) >= 11 is 0. The quantitative estimate of drug-likeness (QED) is 0.646. The van der Waals surface area contributed by atoms with Crippen LogP contribution in [0.25, 0.3) is 0 Å². The van der Waals surface area contributed by atoms with Crippen LogP contribution in [-0.4, -0.2) is 67.6 Å². The topological polar surface area (TPSA) is 86.8 Å². The summed E-state index contributed by atoms with van der Waals surface area (Å²) in [4.78, 5) is 32.8. The van der Waals surface area contributed by atoms with E-state index in [-0.39, 0.29) is 17.7 Å². The number of pyridine rings is 1. The van der Waals surface area contributed by atoms with Gasteiger partial charge in [-0.3, -0.25) is 14.5 Å². The molecule has 2 aromatic rings. The van der Waals surface area contributed by atoms with Gasteiger partial charge in [0.1, 0.15) is 5.82 Å². The zero-order valence-electron chi connectivity index (χ0n) is 19.2. The third-order valence-corrected chi connectivity index (χ3v) is 6.17. The predicted octanol–water partition coefficient (Wildman–Crippen LogP) is 3.23. The monoisotopic (exact) mass is 491 g/mol. The fourth-order valence-electron chi connectivity index (χ4n) is 4.16. The number of morpholine rings is 1. The molecule has 8 nitrogen and oxygen atoms in total. The van der Waals surface area contributed by atoms with Crippen molar-refractivity contribution in [3.8, 4) is 0 Å². The maximum atomic E-state index is 12.7. The maximum absolute atomic E-state index is 12.7. The molecular formula is C24H28F3N5O3. The van der Waals surface area contributed by atoms with Crippen molar-refractivity contribution >= 4 is 29.0 Å². The Bertz CT molecular complexity index is 1000. The second-order valence-corrected chi connectivity index (χ2v) is 8.67. The highest BCUT2D eigenvalue weighted by molar-refractivity contribution is 5.94. The first kappa shape index (κ1) is 24.9. The van der Waals surface area contributed by atoms with E-state index in [1.165, 1.54) is 6.07 Å². The second kappa shape index (κ2) is 11.0. The van der Waals surface area contributed by atoms with Crippen LogP contribution < -0.4 is 15.5 Å². The highest BCUT2D eigenvalue weighted by atomic mass is 19.4. The van der Waals surface area contributed by atoms with Crippen LogP contribution in [0.2, 0.25) is 0 Å². The molecule has 2 aliphatic rings. The molecule has 0 radical (unpaired) electrons. The molecule has 1 aromatic carbocycles. The number of hydrogen-bond acceptors (Lipinski definition) is 6. The van der Waals surface area contributed by atoms with Crippen LogP contribution in [0, 0.1) is 5.92 Å². The van der Waals surface area contributed by atoms with Crippen LogP contribution in [0.3, 0.4) is 0 Å². The Morgan fingerprint density at radius 2 is 1.57 bits per heavy atom. The number of alkyl halides is 3. The number of carbonyl (C=O) groups is 2. The molecule has 2 aliphatic heterocycles. The van der Waals surface area contributed by atoms with Crippen LogP contribution in [0.5, 0.6) is 0 Å². The van der Waals surface area contributed by atoms with E-state index in [1.54, 1.807) is 24.3 Å². The average molecular weight is 492 g/mol. The lowest BCUT2D eigenvalue weighted by Gasteiger charge is -2.32. The van der Waals surface area contributed by atoms with Gasteiger partial charge in [-0.1, -0.05) is 0 Å². The van der Waals surface area contributed by atoms with Gasteiger partial charge in [0, 0.05) is 49.7 Å². The maximum Gasteiger partial charge on any atom is 0.417 e. The summed E-state index contributed by atoms with van der Waals surface area (Å²) in [6, 6.07) is 9.35. The molecule has 1 aromatic heterocycles. The van der Waals surface area contributed by atoms with Crippen LogP contribution in [-0.2, 0) is 20.5 Å². The number of anilines is 3. The minimum atomic E-state index is -4.41. The number of benzene rings is 1. The van der Waals surface area contributed by atoms with E-state index in [0.717, 1.165) is 25.4 Å². The first-order chi connectivity index (χ1) is 16.8. The Kier molecular flexibility index (Phi) is 7.86. The van der Waals surface area contributed by atoms with E-state index in [0.29, 0.717) is 62.9 Å². The summed E-state index contributed by atoms with van der Waals surface area (Å²) in [6.07, 6.45) is -2.43. The summed E-state index contributed by atoms with van der Waals surface area (Å²) < 4.78 is 43.5. The number of amides is 2. The summed E-state index contributed by atoms with van der Waals surface area (Å²) in [7, 11) is 0. The minimum Gasteiger partial charge on any atom is -0.379 e. The third kappa shape index (κ3) is 6.92. The number of hydrogen-bond donors (Lipinski definition) is 2. The molecule has 3 heterocycles. The van der Waals surface area contributed by atoms with E-state index in [4.69, 9.17) is 4.74 Å². The Morgan fingerprint density at radius 3 is 2.14 bits per heavy atom. The fourth-order valence-corrected chi connectivity index (χ4v) is 4.16. The number of carbonyl (C=O) groups excluding carboxylic acids is 2. The Hall–Kier alpha value is -3.18. The SMILES string of the molecule is O=C(CN1CCOCC1)Nc1ccc(NC(=O)C2CCN(c3ccc(C(F)(F)F)cn3)CC2)cc1. The predicted molar refractivity (Wildman–Crippen MR) is 125 cm³/mol. The molecule has 0 aliphatic carbocycles. The lowest BCUT2D eigenvalue weighted by molar-refractivity contribution is -0.137. The van der Waals surface area contributed by atoms with Crippen LogP contribution in [0.4, 0.5) is 30.4 Å². The summed E-state index contributed by atoms with van der Waals surface area (Å²) in [5, 5.41) is 5.76. The summed E-state index contributed by atoms with van der Waals surface area (Å²) in [5.41, 5.74) is 0.504. The first-order valence-electron chi connectivity index (χ1n) is 11.6. The van der Waals surface area contributed by atoms with Crippen LogP contribution in [0.1, 0.15) is 18.4 Å². The number of rotatable bonds is 6. The summed E-state index contributed by atoms with van der Waals surface area (Å²) in [5.74, 6) is 0.0730. The standard InChI is InChI=1S/C24H28F3N5O3/c25-24(26,27)18-1-6-21(28-15-18)32-9-7-17(8-10-32)23(34)30-20-4-2-19(3-5-20)29-22(33)16-31-11-13-35-14-12-31/h1-6,15,17H,7-14,16H2,(H,29,33)(H,30,34). The molecule has 0 atom stereocenters. The lowest BCUT2D eigenvalue weighted by atomic mass is 9.95. The van der Waals surface area contributed by atoms with Crippen LogP contribution >= 0.6 is 0 Å².